The third-order valence-corrected chi connectivity index (χ3v) is 5.47. The number of aryl methyl sites for hydroxylation is 1. The molecule has 0 amide bonds. The predicted molar refractivity (Wildman–Crippen MR) is 80.5 cm³/mol. The fourth-order valence-electron chi connectivity index (χ4n) is 2.37. The molecule has 0 atom stereocenters. The van der Waals surface area contributed by atoms with Gasteiger partial charge in [0.1, 0.15) is 0 Å². The molecule has 1 aromatic carbocycles. The second kappa shape index (κ2) is 5.92. The molecule has 4 N–H and O–H groups in total. The van der Waals surface area contributed by atoms with Gasteiger partial charge in [-0.2, -0.15) is 0 Å². The fraction of sp³-hybridized carbons (Fsp3) is 0.571. The van der Waals surface area contributed by atoms with E-state index in [1.165, 1.54) is 6.07 Å². The highest BCUT2D eigenvalue weighted by Gasteiger charge is 2.32. The van der Waals surface area contributed by atoms with Crippen molar-refractivity contribution in [3.05, 3.63) is 23.3 Å². The lowest BCUT2D eigenvalue weighted by molar-refractivity contribution is -0.0588. The number of aliphatic hydroxyl groups is 1. The molecule has 0 aliphatic carbocycles. The third kappa shape index (κ3) is 3.74. The Kier molecular flexibility index (Phi) is 4.57. The standard InChI is InChI=1S/C14H22N2O4S/c1-10-7-12(15)8-13(11(10)2)21(18,19)16-9-14(17)3-5-20-6-4-14/h7-8,16-17H,3-6,9,15H2,1-2H3. The molecule has 7 heteroatoms. The maximum Gasteiger partial charge on any atom is 0.241 e. The van der Waals surface area contributed by atoms with Crippen molar-refractivity contribution in [2.45, 2.75) is 37.2 Å². The van der Waals surface area contributed by atoms with Gasteiger partial charge in [0, 0.05) is 38.3 Å². The highest BCUT2D eigenvalue weighted by atomic mass is 32.2. The molecule has 118 valence electrons. The van der Waals surface area contributed by atoms with Crippen LogP contribution >= 0.6 is 0 Å². The van der Waals surface area contributed by atoms with Crippen LogP contribution in [0.15, 0.2) is 17.0 Å². The molecule has 0 unspecified atom stereocenters. The summed E-state index contributed by atoms with van der Waals surface area (Å²) in [6.07, 6.45) is 0.842. The highest BCUT2D eigenvalue weighted by Crippen LogP contribution is 2.24. The average molecular weight is 314 g/mol. The maximum absolute atomic E-state index is 12.4. The summed E-state index contributed by atoms with van der Waals surface area (Å²) < 4.78 is 32.5. The number of nitrogens with two attached hydrogens (primary N) is 1. The number of anilines is 1. The Balaban J connectivity index is 2.19. The first-order valence-corrected chi connectivity index (χ1v) is 8.38. The minimum absolute atomic E-state index is 0.0218. The number of nitrogen functional groups attached to an aromatic ring is 1. The third-order valence-electron chi connectivity index (χ3n) is 3.95. The molecule has 0 saturated carbocycles. The van der Waals surface area contributed by atoms with Gasteiger partial charge in [0.15, 0.2) is 0 Å². The van der Waals surface area contributed by atoms with Gasteiger partial charge >= 0.3 is 0 Å². The van der Waals surface area contributed by atoms with Gasteiger partial charge in [0.2, 0.25) is 10.0 Å². The Labute approximate surface area is 125 Å². The van der Waals surface area contributed by atoms with Crippen molar-refractivity contribution in [1.82, 2.24) is 4.72 Å². The smallest absolute Gasteiger partial charge is 0.241 e. The van der Waals surface area contributed by atoms with E-state index in [4.69, 9.17) is 10.5 Å². The van der Waals surface area contributed by atoms with Crippen LogP contribution in [0, 0.1) is 13.8 Å². The maximum atomic E-state index is 12.4. The molecule has 1 saturated heterocycles. The zero-order valence-electron chi connectivity index (χ0n) is 12.3. The highest BCUT2D eigenvalue weighted by molar-refractivity contribution is 7.89. The van der Waals surface area contributed by atoms with E-state index in [-0.39, 0.29) is 11.4 Å². The summed E-state index contributed by atoms with van der Waals surface area (Å²) in [4.78, 5) is 0.163. The minimum atomic E-state index is -3.70. The molecule has 1 aromatic rings. The summed E-state index contributed by atoms with van der Waals surface area (Å²) in [5.74, 6) is 0. The topological polar surface area (TPSA) is 102 Å². The monoisotopic (exact) mass is 314 g/mol. The van der Waals surface area contributed by atoms with E-state index < -0.39 is 15.6 Å². The Bertz CT molecular complexity index is 622. The lowest BCUT2D eigenvalue weighted by Gasteiger charge is -2.32. The Morgan fingerprint density at radius 2 is 1.95 bits per heavy atom. The van der Waals surface area contributed by atoms with Gasteiger partial charge in [-0.15, -0.1) is 0 Å². The summed E-state index contributed by atoms with van der Waals surface area (Å²) in [5, 5.41) is 10.3. The molecule has 0 bridgehead atoms. The minimum Gasteiger partial charge on any atom is -0.399 e. The van der Waals surface area contributed by atoms with Crippen molar-refractivity contribution in [3.8, 4) is 0 Å². The molecule has 0 spiro atoms. The molecule has 1 fully saturated rings. The van der Waals surface area contributed by atoms with Gasteiger partial charge in [-0.25, -0.2) is 13.1 Å². The zero-order chi connectivity index (χ0) is 15.7. The molecular formula is C14H22N2O4S. The Hall–Kier alpha value is -1.15. The predicted octanol–water partition coefficient (Wildman–Crippen LogP) is 0.705. The molecule has 1 aliphatic heterocycles. The Morgan fingerprint density at radius 1 is 1.33 bits per heavy atom. The number of hydrogen-bond acceptors (Lipinski definition) is 5. The summed E-state index contributed by atoms with van der Waals surface area (Å²) in [5.41, 5.74) is 6.57. The van der Waals surface area contributed by atoms with Gasteiger partial charge in [-0.1, -0.05) is 0 Å². The van der Waals surface area contributed by atoms with Crippen molar-refractivity contribution in [2.24, 2.45) is 0 Å². The van der Waals surface area contributed by atoms with Crippen molar-refractivity contribution in [2.75, 3.05) is 25.5 Å². The van der Waals surface area contributed by atoms with Crippen LogP contribution in [0.5, 0.6) is 0 Å². The van der Waals surface area contributed by atoms with Crippen molar-refractivity contribution in [3.63, 3.8) is 0 Å². The van der Waals surface area contributed by atoms with Gasteiger partial charge in [0.05, 0.1) is 10.5 Å². The first-order chi connectivity index (χ1) is 9.73. The van der Waals surface area contributed by atoms with E-state index in [2.05, 4.69) is 4.72 Å². The average Bonchev–Trinajstić information content (AvgIpc) is 2.42. The fourth-order valence-corrected chi connectivity index (χ4v) is 3.84. The molecule has 1 aliphatic rings. The van der Waals surface area contributed by atoms with Crippen LogP contribution in [-0.2, 0) is 14.8 Å². The lowest BCUT2D eigenvalue weighted by atomic mass is 9.95. The van der Waals surface area contributed by atoms with E-state index >= 15 is 0 Å². The summed E-state index contributed by atoms with van der Waals surface area (Å²) >= 11 is 0. The summed E-state index contributed by atoms with van der Waals surface area (Å²) in [7, 11) is -3.70. The van der Waals surface area contributed by atoms with Gasteiger partial charge in [-0.05, 0) is 37.1 Å². The molecule has 6 nitrogen and oxygen atoms in total. The largest absolute Gasteiger partial charge is 0.399 e. The van der Waals surface area contributed by atoms with Crippen LogP contribution < -0.4 is 10.5 Å². The second-order valence-electron chi connectivity index (χ2n) is 5.62. The first-order valence-electron chi connectivity index (χ1n) is 6.90. The SMILES string of the molecule is Cc1cc(N)cc(S(=O)(=O)NCC2(O)CCOCC2)c1C. The first kappa shape index (κ1) is 16.2. The van der Waals surface area contributed by atoms with E-state index in [0.717, 1.165) is 5.56 Å². The van der Waals surface area contributed by atoms with E-state index in [9.17, 15) is 13.5 Å². The van der Waals surface area contributed by atoms with Crippen molar-refractivity contribution < 1.29 is 18.3 Å². The van der Waals surface area contributed by atoms with Crippen LogP contribution in [-0.4, -0.2) is 38.9 Å². The van der Waals surface area contributed by atoms with Gasteiger partial charge < -0.3 is 15.6 Å². The quantitative estimate of drug-likeness (QED) is 0.710. The van der Waals surface area contributed by atoms with Crippen LogP contribution in [0.25, 0.3) is 0 Å². The number of nitrogens with one attached hydrogen (secondary N) is 1. The number of rotatable bonds is 4. The molecule has 1 heterocycles. The van der Waals surface area contributed by atoms with Crippen LogP contribution in [0.3, 0.4) is 0 Å². The van der Waals surface area contributed by atoms with E-state index in [1.54, 1.807) is 13.0 Å². The van der Waals surface area contributed by atoms with Crippen molar-refractivity contribution >= 4 is 15.7 Å². The number of hydrogen-bond donors (Lipinski definition) is 3. The van der Waals surface area contributed by atoms with Crippen molar-refractivity contribution in [1.29, 1.82) is 0 Å². The normalized spacial score (nSPS) is 18.6. The molecule has 0 aromatic heterocycles. The Morgan fingerprint density at radius 3 is 2.57 bits per heavy atom. The zero-order valence-corrected chi connectivity index (χ0v) is 13.2. The van der Waals surface area contributed by atoms with Crippen LogP contribution in [0.4, 0.5) is 5.69 Å². The van der Waals surface area contributed by atoms with Gasteiger partial charge in [-0.3, -0.25) is 0 Å². The van der Waals surface area contributed by atoms with Crippen LogP contribution in [0.2, 0.25) is 0 Å². The summed E-state index contributed by atoms with van der Waals surface area (Å²) in [6.45, 7) is 4.42. The molecule has 0 radical (unpaired) electrons. The summed E-state index contributed by atoms with van der Waals surface area (Å²) in [6, 6.07) is 3.18. The van der Waals surface area contributed by atoms with E-state index in [1.807, 2.05) is 6.92 Å². The number of sulfonamides is 1. The molecule has 2 rings (SSSR count). The van der Waals surface area contributed by atoms with Crippen LogP contribution in [0.1, 0.15) is 24.0 Å². The number of ether oxygens (including phenoxy) is 1. The lowest BCUT2D eigenvalue weighted by Crippen LogP contribution is -2.46. The van der Waals surface area contributed by atoms with E-state index in [0.29, 0.717) is 37.3 Å². The second-order valence-corrected chi connectivity index (χ2v) is 7.36. The van der Waals surface area contributed by atoms with Gasteiger partial charge in [0.25, 0.3) is 0 Å². The number of benzene rings is 1. The molecular weight excluding hydrogens is 292 g/mol. The molecule has 21 heavy (non-hydrogen) atoms.